The summed E-state index contributed by atoms with van der Waals surface area (Å²) in [4.78, 5) is 12.2. The van der Waals surface area contributed by atoms with Gasteiger partial charge in [-0.2, -0.15) is 4.31 Å². The molecule has 1 aromatic rings. The highest BCUT2D eigenvalue weighted by Crippen LogP contribution is 2.23. The third kappa shape index (κ3) is 4.37. The number of piperidine rings is 1. The van der Waals surface area contributed by atoms with Crippen LogP contribution in [0, 0.1) is 11.7 Å². The second kappa shape index (κ2) is 7.80. The fourth-order valence-corrected chi connectivity index (χ4v) is 5.00. The molecule has 0 saturated carbocycles. The average Bonchev–Trinajstić information content (AvgIpc) is 3.15. The number of amides is 1. The first-order chi connectivity index (χ1) is 12.0. The summed E-state index contributed by atoms with van der Waals surface area (Å²) < 4.78 is 39.9. The van der Waals surface area contributed by atoms with E-state index in [1.165, 1.54) is 16.4 Å². The summed E-state index contributed by atoms with van der Waals surface area (Å²) >= 11 is 0. The minimum atomic E-state index is -3.62. The Morgan fingerprint density at radius 2 is 2.00 bits per heavy atom. The average molecular weight is 369 g/mol. The van der Waals surface area contributed by atoms with Crippen LogP contribution in [-0.4, -0.2) is 50.9 Å². The summed E-state index contributed by atoms with van der Waals surface area (Å²) in [6, 6.07) is 4.78. The van der Waals surface area contributed by atoms with Crippen LogP contribution in [0.25, 0.3) is 0 Å². The Balaban J connectivity index is 1.58. The Labute approximate surface area is 147 Å². The lowest BCUT2D eigenvalue weighted by molar-refractivity contribution is -0.123. The minimum absolute atomic E-state index is 0.00369. The van der Waals surface area contributed by atoms with E-state index in [9.17, 15) is 17.6 Å². The monoisotopic (exact) mass is 369 g/mol. The van der Waals surface area contributed by atoms with Crippen LogP contribution in [0.5, 0.6) is 0 Å². The van der Waals surface area contributed by atoms with E-state index >= 15 is 0 Å². The first-order valence-electron chi connectivity index (χ1n) is 8.73. The van der Waals surface area contributed by atoms with Crippen molar-refractivity contribution >= 4 is 15.9 Å². The zero-order valence-corrected chi connectivity index (χ0v) is 14.9. The molecule has 2 fully saturated rings. The predicted octanol–water partition coefficient (Wildman–Crippen LogP) is 1.09. The number of nitrogens with zero attached hydrogens (tertiary/aromatic N) is 1. The Hall–Kier alpha value is -1.51. The van der Waals surface area contributed by atoms with Crippen LogP contribution in [0.15, 0.2) is 29.2 Å². The molecule has 0 radical (unpaired) electrons. The number of hydrogen-bond donors (Lipinski definition) is 2. The van der Waals surface area contributed by atoms with Crippen molar-refractivity contribution in [2.24, 2.45) is 5.92 Å². The highest BCUT2D eigenvalue weighted by atomic mass is 32.2. The Morgan fingerprint density at radius 1 is 1.24 bits per heavy atom. The van der Waals surface area contributed by atoms with E-state index in [1.807, 2.05) is 0 Å². The van der Waals surface area contributed by atoms with Crippen LogP contribution < -0.4 is 10.6 Å². The van der Waals surface area contributed by atoms with Crippen LogP contribution >= 0.6 is 0 Å². The molecule has 0 aromatic heterocycles. The van der Waals surface area contributed by atoms with Crippen LogP contribution in [0.2, 0.25) is 0 Å². The molecule has 2 N–H and O–H groups in total. The summed E-state index contributed by atoms with van der Waals surface area (Å²) in [6.45, 7) is 2.17. The summed E-state index contributed by atoms with van der Waals surface area (Å²) in [7, 11) is -3.62. The molecule has 1 amide bonds. The molecule has 2 atom stereocenters. The van der Waals surface area contributed by atoms with Gasteiger partial charge in [-0.25, -0.2) is 12.8 Å². The van der Waals surface area contributed by atoms with Crippen molar-refractivity contribution in [1.82, 2.24) is 14.9 Å². The van der Waals surface area contributed by atoms with Crippen molar-refractivity contribution in [2.45, 2.75) is 36.6 Å². The highest BCUT2D eigenvalue weighted by Gasteiger charge is 2.31. The van der Waals surface area contributed by atoms with Crippen molar-refractivity contribution in [3.63, 3.8) is 0 Å². The van der Waals surface area contributed by atoms with Crippen molar-refractivity contribution in [2.75, 3.05) is 26.2 Å². The van der Waals surface area contributed by atoms with E-state index in [0.717, 1.165) is 44.4 Å². The molecule has 3 rings (SSSR count). The first kappa shape index (κ1) is 18.3. The maximum Gasteiger partial charge on any atom is 0.243 e. The summed E-state index contributed by atoms with van der Waals surface area (Å²) in [6.07, 6.45) is 3.49. The number of sulfonamides is 1. The zero-order valence-electron chi connectivity index (χ0n) is 14.1. The number of carbonyl (C=O) groups excluding carboxylic acids is 1. The third-order valence-corrected chi connectivity index (χ3v) is 6.75. The van der Waals surface area contributed by atoms with Gasteiger partial charge in [0.15, 0.2) is 0 Å². The van der Waals surface area contributed by atoms with Gasteiger partial charge in [0.2, 0.25) is 15.9 Å². The molecule has 0 spiro atoms. The normalized spacial score (nSPS) is 25.0. The lowest BCUT2D eigenvalue weighted by Gasteiger charge is -2.32. The number of hydrogen-bond acceptors (Lipinski definition) is 4. The standard InChI is InChI=1S/C17H24FN3O3S/c18-14-5-7-15(8-6-14)25(23,24)21-10-2-3-13(12-21)11-20-17(22)16-4-1-9-19-16/h5-8,13,16,19H,1-4,9-12H2,(H,20,22). The number of carbonyl (C=O) groups is 1. The smallest absolute Gasteiger partial charge is 0.243 e. The largest absolute Gasteiger partial charge is 0.354 e. The lowest BCUT2D eigenvalue weighted by Crippen LogP contribution is -2.46. The maximum atomic E-state index is 13.0. The van der Waals surface area contributed by atoms with Crippen LogP contribution in [-0.2, 0) is 14.8 Å². The number of rotatable bonds is 5. The van der Waals surface area contributed by atoms with Gasteiger partial charge in [-0.15, -0.1) is 0 Å². The maximum absolute atomic E-state index is 13.0. The molecule has 25 heavy (non-hydrogen) atoms. The van der Waals surface area contributed by atoms with Gasteiger partial charge < -0.3 is 10.6 Å². The first-order valence-corrected chi connectivity index (χ1v) is 10.2. The molecule has 1 aromatic carbocycles. The van der Waals surface area contributed by atoms with Gasteiger partial charge in [-0.3, -0.25) is 4.79 Å². The number of benzene rings is 1. The predicted molar refractivity (Wildman–Crippen MR) is 91.9 cm³/mol. The Morgan fingerprint density at radius 3 is 2.68 bits per heavy atom. The van der Waals surface area contributed by atoms with Crippen LogP contribution in [0.1, 0.15) is 25.7 Å². The fraction of sp³-hybridized carbons (Fsp3) is 0.588. The zero-order chi connectivity index (χ0) is 17.9. The van der Waals surface area contributed by atoms with E-state index < -0.39 is 15.8 Å². The van der Waals surface area contributed by atoms with Crippen molar-refractivity contribution in [1.29, 1.82) is 0 Å². The molecule has 0 aliphatic carbocycles. The van der Waals surface area contributed by atoms with Gasteiger partial charge in [-0.05, 0) is 62.4 Å². The second-order valence-corrected chi connectivity index (χ2v) is 8.66. The van der Waals surface area contributed by atoms with Crippen molar-refractivity contribution in [3.8, 4) is 0 Å². The fourth-order valence-electron chi connectivity index (χ4n) is 3.44. The topological polar surface area (TPSA) is 78.5 Å². The second-order valence-electron chi connectivity index (χ2n) is 6.72. The van der Waals surface area contributed by atoms with E-state index in [0.29, 0.717) is 19.6 Å². The lowest BCUT2D eigenvalue weighted by atomic mass is 9.99. The van der Waals surface area contributed by atoms with E-state index in [4.69, 9.17) is 0 Å². The quantitative estimate of drug-likeness (QED) is 0.815. The molecule has 0 bridgehead atoms. The van der Waals surface area contributed by atoms with Gasteiger partial charge in [0.25, 0.3) is 0 Å². The third-order valence-electron chi connectivity index (χ3n) is 4.87. The summed E-state index contributed by atoms with van der Waals surface area (Å²) in [5.74, 6) is -0.371. The Bertz CT molecular complexity index is 702. The molecular weight excluding hydrogens is 345 g/mol. The molecule has 6 nitrogen and oxygen atoms in total. The molecule has 2 aliphatic rings. The van der Waals surface area contributed by atoms with Gasteiger partial charge in [0, 0.05) is 19.6 Å². The molecule has 2 heterocycles. The van der Waals surface area contributed by atoms with E-state index in [-0.39, 0.29) is 22.8 Å². The molecule has 2 aliphatic heterocycles. The highest BCUT2D eigenvalue weighted by molar-refractivity contribution is 7.89. The van der Waals surface area contributed by atoms with E-state index in [2.05, 4.69) is 10.6 Å². The van der Waals surface area contributed by atoms with Crippen molar-refractivity contribution < 1.29 is 17.6 Å². The molecule has 8 heteroatoms. The van der Waals surface area contributed by atoms with Gasteiger partial charge >= 0.3 is 0 Å². The van der Waals surface area contributed by atoms with Crippen LogP contribution in [0.3, 0.4) is 0 Å². The summed E-state index contributed by atoms with van der Waals surface area (Å²) in [5, 5.41) is 6.10. The van der Waals surface area contributed by atoms with Gasteiger partial charge in [0.05, 0.1) is 10.9 Å². The van der Waals surface area contributed by atoms with Crippen LogP contribution in [0.4, 0.5) is 4.39 Å². The molecular formula is C17H24FN3O3S. The van der Waals surface area contributed by atoms with Gasteiger partial charge in [-0.1, -0.05) is 0 Å². The van der Waals surface area contributed by atoms with Gasteiger partial charge in [0.1, 0.15) is 5.82 Å². The van der Waals surface area contributed by atoms with E-state index in [1.54, 1.807) is 0 Å². The molecule has 138 valence electrons. The molecule has 2 unspecified atom stereocenters. The number of nitrogens with one attached hydrogen (secondary N) is 2. The summed E-state index contributed by atoms with van der Waals surface area (Å²) in [5.41, 5.74) is 0. The SMILES string of the molecule is O=C(NCC1CCCN(S(=O)(=O)c2ccc(F)cc2)C1)C1CCCN1. The van der Waals surface area contributed by atoms with Crippen molar-refractivity contribution in [3.05, 3.63) is 30.1 Å². The minimum Gasteiger partial charge on any atom is -0.354 e. The number of halogens is 1. The Kier molecular flexibility index (Phi) is 5.71. The molecule has 2 saturated heterocycles.